The average Bonchev–Trinajstić information content (AvgIpc) is 3.17. The molecule has 2 aliphatic heterocycles. The summed E-state index contributed by atoms with van der Waals surface area (Å²) in [5.74, 6) is 0.0345. The van der Waals surface area contributed by atoms with Crippen LogP contribution in [0.3, 0.4) is 0 Å². The van der Waals surface area contributed by atoms with Gasteiger partial charge < -0.3 is 20.3 Å². The molecule has 174 valence electrons. The van der Waals surface area contributed by atoms with Gasteiger partial charge in [-0.1, -0.05) is 12.1 Å². The van der Waals surface area contributed by atoms with Gasteiger partial charge in [0.25, 0.3) is 11.6 Å². The Hall–Kier alpha value is -4.03. The van der Waals surface area contributed by atoms with E-state index in [1.54, 1.807) is 35.6 Å². The van der Waals surface area contributed by atoms with Gasteiger partial charge in [-0.25, -0.2) is 0 Å². The number of nitro benzene ring substituents is 2. The first-order valence-electron chi connectivity index (χ1n) is 10.4. The van der Waals surface area contributed by atoms with E-state index >= 15 is 0 Å². The molecule has 1 atom stereocenters. The third kappa shape index (κ3) is 3.93. The molecule has 3 heterocycles. The van der Waals surface area contributed by atoms with E-state index in [-0.39, 0.29) is 11.7 Å². The van der Waals surface area contributed by atoms with Crippen LogP contribution in [0.5, 0.6) is 11.5 Å². The Labute approximate surface area is 197 Å². The van der Waals surface area contributed by atoms with E-state index in [0.717, 1.165) is 42.2 Å². The van der Waals surface area contributed by atoms with Crippen molar-refractivity contribution in [2.24, 2.45) is 0 Å². The summed E-state index contributed by atoms with van der Waals surface area (Å²) in [5.41, 5.74) is 1.59. The summed E-state index contributed by atoms with van der Waals surface area (Å²) in [7, 11) is 2.05. The van der Waals surface area contributed by atoms with Crippen molar-refractivity contribution in [3.63, 3.8) is 0 Å². The molecule has 0 bridgehead atoms. The number of hydrogen-bond donors (Lipinski definition) is 2. The number of benzene rings is 2. The van der Waals surface area contributed by atoms with Crippen LogP contribution >= 0.6 is 11.3 Å². The molecular formula is C22H19N5O6S. The normalized spacial score (nSPS) is 17.2. The molecule has 3 aromatic rings. The zero-order valence-electron chi connectivity index (χ0n) is 17.9. The van der Waals surface area contributed by atoms with Crippen LogP contribution in [-0.4, -0.2) is 34.2 Å². The molecule has 0 fully saturated rings. The van der Waals surface area contributed by atoms with Crippen molar-refractivity contribution < 1.29 is 19.4 Å². The fourth-order valence-electron chi connectivity index (χ4n) is 4.14. The van der Waals surface area contributed by atoms with E-state index in [1.165, 1.54) is 10.9 Å². The second-order valence-corrected chi connectivity index (χ2v) is 9.19. The Kier molecular flexibility index (Phi) is 5.38. The quantitative estimate of drug-likeness (QED) is 0.408. The number of carbonyl (C=O) groups is 1. The van der Waals surface area contributed by atoms with Gasteiger partial charge in [-0.2, -0.15) is 0 Å². The number of thiophene rings is 1. The maximum Gasteiger partial charge on any atom is 0.318 e. The summed E-state index contributed by atoms with van der Waals surface area (Å²) in [6.45, 7) is 1.71. The van der Waals surface area contributed by atoms with E-state index in [1.807, 2.05) is 0 Å². The molecule has 1 amide bonds. The van der Waals surface area contributed by atoms with Crippen LogP contribution in [0.15, 0.2) is 42.5 Å². The molecule has 0 spiro atoms. The Morgan fingerprint density at radius 3 is 2.71 bits per heavy atom. The highest BCUT2D eigenvalue weighted by Gasteiger charge is 2.33. The standard InChI is InChI=1S/C22H19N5O6S/c1-25-8-7-15-18(11-25)34-22-19(15)21(28)23-20(24-22)12-3-2-4-14(9-12)33-17-6-5-13(26(29)30)10-16(17)27(31)32/h2-6,9-10,20,24H,7-8,11H2,1H3,(H,23,28)/t20-/m1/s1. The molecule has 2 N–H and O–H groups in total. The number of likely N-dealkylation sites (N-methyl/N-ethyl adjacent to an activating group) is 1. The lowest BCUT2D eigenvalue weighted by atomic mass is 10.0. The Morgan fingerprint density at radius 2 is 1.94 bits per heavy atom. The van der Waals surface area contributed by atoms with Gasteiger partial charge in [-0.05, 0) is 42.8 Å². The number of ether oxygens (including phenoxy) is 1. The van der Waals surface area contributed by atoms with E-state index in [0.29, 0.717) is 16.9 Å². The Balaban J connectivity index is 1.41. The molecule has 0 aliphatic carbocycles. The lowest BCUT2D eigenvalue weighted by molar-refractivity contribution is -0.394. The monoisotopic (exact) mass is 481 g/mol. The van der Waals surface area contributed by atoms with Gasteiger partial charge in [-0.15, -0.1) is 11.3 Å². The second-order valence-electron chi connectivity index (χ2n) is 8.09. The van der Waals surface area contributed by atoms with Crippen LogP contribution in [0.4, 0.5) is 16.4 Å². The number of fused-ring (bicyclic) bond motifs is 3. The van der Waals surface area contributed by atoms with Crippen LogP contribution in [0.2, 0.25) is 0 Å². The van der Waals surface area contributed by atoms with Gasteiger partial charge in [0.15, 0.2) is 0 Å². The van der Waals surface area contributed by atoms with Gasteiger partial charge in [0, 0.05) is 24.0 Å². The number of carbonyl (C=O) groups excluding carboxylic acids is 1. The van der Waals surface area contributed by atoms with Crippen molar-refractivity contribution in [1.82, 2.24) is 10.2 Å². The van der Waals surface area contributed by atoms with E-state index in [9.17, 15) is 25.0 Å². The number of rotatable bonds is 5. The molecule has 2 aromatic carbocycles. The molecule has 12 heteroatoms. The van der Waals surface area contributed by atoms with Crippen molar-refractivity contribution in [2.45, 2.75) is 19.1 Å². The van der Waals surface area contributed by atoms with Gasteiger partial charge in [0.1, 0.15) is 16.9 Å². The molecular weight excluding hydrogens is 462 g/mol. The predicted molar refractivity (Wildman–Crippen MR) is 124 cm³/mol. The third-order valence-electron chi connectivity index (χ3n) is 5.79. The number of nitro groups is 2. The van der Waals surface area contributed by atoms with Crippen LogP contribution in [-0.2, 0) is 13.0 Å². The van der Waals surface area contributed by atoms with E-state index in [4.69, 9.17) is 4.74 Å². The molecule has 11 nitrogen and oxygen atoms in total. The van der Waals surface area contributed by atoms with Gasteiger partial charge in [0.05, 0.1) is 21.5 Å². The van der Waals surface area contributed by atoms with Crippen molar-refractivity contribution in [1.29, 1.82) is 0 Å². The first-order valence-corrected chi connectivity index (χ1v) is 11.2. The zero-order chi connectivity index (χ0) is 24.0. The highest BCUT2D eigenvalue weighted by Crippen LogP contribution is 2.41. The smallest absolute Gasteiger partial charge is 0.318 e. The first kappa shape index (κ1) is 21.8. The number of hydrogen-bond acceptors (Lipinski definition) is 9. The van der Waals surface area contributed by atoms with E-state index in [2.05, 4.69) is 22.6 Å². The molecule has 34 heavy (non-hydrogen) atoms. The fourth-order valence-corrected chi connectivity index (χ4v) is 5.50. The summed E-state index contributed by atoms with van der Waals surface area (Å²) in [6.07, 6.45) is 0.322. The van der Waals surface area contributed by atoms with Gasteiger partial charge >= 0.3 is 5.69 Å². The van der Waals surface area contributed by atoms with Gasteiger partial charge in [-0.3, -0.25) is 25.0 Å². The number of anilines is 1. The van der Waals surface area contributed by atoms with Crippen LogP contribution in [0.1, 0.15) is 32.5 Å². The second kappa shape index (κ2) is 8.39. The number of amides is 1. The number of nitrogens with zero attached hydrogens (tertiary/aromatic N) is 3. The number of non-ortho nitro benzene ring substituents is 1. The molecule has 0 saturated heterocycles. The molecule has 2 aliphatic rings. The lowest BCUT2D eigenvalue weighted by Gasteiger charge is -2.27. The maximum atomic E-state index is 12.9. The van der Waals surface area contributed by atoms with Crippen molar-refractivity contribution in [3.8, 4) is 11.5 Å². The SMILES string of the molecule is CN1CCc2c(sc3c2C(=O)N[C@@H](c2cccc(Oc4ccc([N+](=O)[O-])cc4[N+](=O)[O-])c2)N3)C1. The topological polar surface area (TPSA) is 140 Å². The zero-order valence-corrected chi connectivity index (χ0v) is 18.8. The van der Waals surface area contributed by atoms with Crippen LogP contribution in [0.25, 0.3) is 0 Å². The fraction of sp³-hybridized carbons (Fsp3) is 0.227. The van der Waals surface area contributed by atoms with E-state index < -0.39 is 27.4 Å². The maximum absolute atomic E-state index is 12.9. The highest BCUT2D eigenvalue weighted by molar-refractivity contribution is 7.16. The predicted octanol–water partition coefficient (Wildman–Crippen LogP) is 4.20. The Bertz CT molecular complexity index is 1340. The summed E-state index contributed by atoms with van der Waals surface area (Å²) < 4.78 is 5.70. The largest absolute Gasteiger partial charge is 0.450 e. The summed E-state index contributed by atoms with van der Waals surface area (Å²) in [4.78, 5) is 37.3. The summed E-state index contributed by atoms with van der Waals surface area (Å²) in [6, 6.07) is 10.00. The van der Waals surface area contributed by atoms with Crippen LogP contribution in [0, 0.1) is 20.2 Å². The molecule has 1 aromatic heterocycles. The van der Waals surface area contributed by atoms with Crippen molar-refractivity contribution in [3.05, 3.63) is 84.3 Å². The molecule has 5 rings (SSSR count). The number of nitrogens with one attached hydrogen (secondary N) is 2. The van der Waals surface area contributed by atoms with Crippen LogP contribution < -0.4 is 15.4 Å². The summed E-state index contributed by atoms with van der Waals surface area (Å²) >= 11 is 1.58. The molecule has 0 saturated carbocycles. The minimum absolute atomic E-state index is 0.120. The Morgan fingerprint density at radius 1 is 1.12 bits per heavy atom. The summed E-state index contributed by atoms with van der Waals surface area (Å²) in [5, 5.41) is 29.6. The highest BCUT2D eigenvalue weighted by atomic mass is 32.1. The van der Waals surface area contributed by atoms with Gasteiger partial charge in [0.2, 0.25) is 5.75 Å². The molecule has 0 radical (unpaired) electrons. The first-order chi connectivity index (χ1) is 16.3. The third-order valence-corrected chi connectivity index (χ3v) is 6.94. The minimum atomic E-state index is -0.730. The minimum Gasteiger partial charge on any atom is -0.450 e. The average molecular weight is 481 g/mol. The lowest BCUT2D eigenvalue weighted by Crippen LogP contribution is -2.38. The molecule has 0 unspecified atom stereocenters. The van der Waals surface area contributed by atoms with Crippen molar-refractivity contribution in [2.75, 3.05) is 18.9 Å². The van der Waals surface area contributed by atoms with Crippen molar-refractivity contribution >= 4 is 33.6 Å².